The zero-order valence-electron chi connectivity index (χ0n) is 20.9. The molecule has 37 heavy (non-hydrogen) atoms. The molecule has 0 spiro atoms. The van der Waals surface area contributed by atoms with Gasteiger partial charge in [0.2, 0.25) is 5.91 Å². The molecule has 8 nitrogen and oxygen atoms in total. The first-order chi connectivity index (χ1) is 18.0. The van der Waals surface area contributed by atoms with Crippen molar-refractivity contribution in [2.75, 3.05) is 19.5 Å². The molecule has 0 radical (unpaired) electrons. The number of ether oxygens (including phenoxy) is 2. The number of methoxy groups -OCH3 is 2. The summed E-state index contributed by atoms with van der Waals surface area (Å²) < 4.78 is 16.1. The number of aromatic nitrogens is 2. The summed E-state index contributed by atoms with van der Waals surface area (Å²) >= 11 is 1.24. The number of thioether (sulfide) groups is 1. The first-order valence-corrected chi connectivity index (χ1v) is 12.5. The third-order valence-electron chi connectivity index (χ3n) is 5.66. The number of carbonyl (C=O) groups is 1. The number of amides is 1. The van der Waals surface area contributed by atoms with Crippen molar-refractivity contribution in [3.8, 4) is 40.0 Å². The Bertz CT molecular complexity index is 1450. The minimum absolute atomic E-state index is 0.253. The molecule has 0 aliphatic heterocycles. The van der Waals surface area contributed by atoms with Gasteiger partial charge in [-0.25, -0.2) is 4.98 Å². The summed E-state index contributed by atoms with van der Waals surface area (Å²) in [5.74, 6) is 1.90. The Morgan fingerprint density at radius 1 is 1.11 bits per heavy atom. The molecule has 1 amide bonds. The van der Waals surface area contributed by atoms with Crippen LogP contribution in [0.1, 0.15) is 24.7 Å². The van der Waals surface area contributed by atoms with Gasteiger partial charge in [0.15, 0.2) is 5.82 Å². The number of hydrogen-bond donors (Lipinski definition) is 1. The van der Waals surface area contributed by atoms with Gasteiger partial charge in [-0.3, -0.25) is 4.79 Å². The third kappa shape index (κ3) is 5.76. The minimum Gasteiger partial charge on any atom is -0.497 e. The van der Waals surface area contributed by atoms with Gasteiger partial charge in [0.25, 0.3) is 0 Å². The number of carbonyl (C=O) groups excluding carboxylic acids is 1. The fourth-order valence-electron chi connectivity index (χ4n) is 3.80. The SMILES string of the molecule is CCC(Sc1nc(-c2ccccc2)cc(-c2cc(OC)ccc2OC)c1C#N)C(=O)Nc1cc(C)on1. The lowest BCUT2D eigenvalue weighted by atomic mass is 9.98. The maximum absolute atomic E-state index is 13.1. The van der Waals surface area contributed by atoms with Crippen LogP contribution in [0.25, 0.3) is 22.4 Å². The second-order valence-corrected chi connectivity index (χ2v) is 9.30. The largest absolute Gasteiger partial charge is 0.497 e. The topological polar surface area (TPSA) is 110 Å². The van der Waals surface area contributed by atoms with Crippen LogP contribution in [0, 0.1) is 18.3 Å². The first-order valence-electron chi connectivity index (χ1n) is 11.6. The van der Waals surface area contributed by atoms with E-state index in [1.807, 2.05) is 49.4 Å². The van der Waals surface area contributed by atoms with Crippen LogP contribution in [-0.2, 0) is 4.79 Å². The van der Waals surface area contributed by atoms with Gasteiger partial charge in [-0.2, -0.15) is 5.26 Å². The van der Waals surface area contributed by atoms with E-state index in [0.29, 0.717) is 56.9 Å². The summed E-state index contributed by atoms with van der Waals surface area (Å²) in [5, 5.41) is 16.8. The lowest BCUT2D eigenvalue weighted by molar-refractivity contribution is -0.115. The van der Waals surface area contributed by atoms with E-state index in [1.54, 1.807) is 39.3 Å². The zero-order valence-corrected chi connectivity index (χ0v) is 21.8. The molecule has 0 bridgehead atoms. The molecule has 2 heterocycles. The number of pyridine rings is 1. The fraction of sp³-hybridized carbons (Fsp3) is 0.214. The minimum atomic E-state index is -0.525. The standard InChI is InChI=1S/C28H26N4O4S/c1-5-25(27(33)31-26-13-17(2)36-32-26)37-28-22(16-29)20(15-23(30-28)18-9-7-6-8-10-18)21-14-19(34-3)11-12-24(21)35-4/h6-15,25H,5H2,1-4H3,(H,31,32,33). The van der Waals surface area contributed by atoms with Gasteiger partial charge >= 0.3 is 0 Å². The average Bonchev–Trinajstić information content (AvgIpc) is 3.35. The van der Waals surface area contributed by atoms with E-state index >= 15 is 0 Å². The summed E-state index contributed by atoms with van der Waals surface area (Å²) in [7, 11) is 3.16. The van der Waals surface area contributed by atoms with Crippen LogP contribution in [0.3, 0.4) is 0 Å². The van der Waals surface area contributed by atoms with Crippen LogP contribution >= 0.6 is 11.8 Å². The van der Waals surface area contributed by atoms with Crippen LogP contribution in [0.15, 0.2) is 70.2 Å². The maximum Gasteiger partial charge on any atom is 0.239 e. The van der Waals surface area contributed by atoms with Crippen LogP contribution in [0.2, 0.25) is 0 Å². The Labute approximate surface area is 219 Å². The van der Waals surface area contributed by atoms with E-state index in [2.05, 4.69) is 16.5 Å². The van der Waals surface area contributed by atoms with E-state index in [4.69, 9.17) is 19.0 Å². The van der Waals surface area contributed by atoms with E-state index in [1.165, 1.54) is 11.8 Å². The molecule has 4 rings (SSSR count). The molecule has 188 valence electrons. The lowest BCUT2D eigenvalue weighted by Gasteiger charge is -2.18. The molecule has 1 atom stereocenters. The van der Waals surface area contributed by atoms with Crippen molar-refractivity contribution in [2.45, 2.75) is 30.5 Å². The third-order valence-corrected chi connectivity index (χ3v) is 7.01. The second kappa shape index (κ2) is 11.6. The van der Waals surface area contributed by atoms with Gasteiger partial charge < -0.3 is 19.3 Å². The van der Waals surface area contributed by atoms with E-state index < -0.39 is 5.25 Å². The highest BCUT2D eigenvalue weighted by Crippen LogP contribution is 2.41. The summed E-state index contributed by atoms with van der Waals surface area (Å²) in [6, 6.07) is 20.9. The van der Waals surface area contributed by atoms with Gasteiger partial charge in [-0.15, -0.1) is 0 Å². The monoisotopic (exact) mass is 514 g/mol. The normalized spacial score (nSPS) is 11.4. The Morgan fingerprint density at radius 3 is 2.51 bits per heavy atom. The molecule has 9 heteroatoms. The molecular formula is C28H26N4O4S. The van der Waals surface area contributed by atoms with Crippen LogP contribution < -0.4 is 14.8 Å². The van der Waals surface area contributed by atoms with E-state index in [-0.39, 0.29) is 5.91 Å². The molecule has 0 saturated heterocycles. The summed E-state index contributed by atoms with van der Waals surface area (Å²) in [4.78, 5) is 17.9. The lowest BCUT2D eigenvalue weighted by Crippen LogP contribution is -2.25. The fourth-order valence-corrected chi connectivity index (χ4v) is 4.82. The molecule has 1 N–H and O–H groups in total. The Kier molecular flexibility index (Phi) is 8.11. The Balaban J connectivity index is 1.84. The number of rotatable bonds is 9. The highest BCUT2D eigenvalue weighted by atomic mass is 32.2. The summed E-state index contributed by atoms with van der Waals surface area (Å²) in [6.07, 6.45) is 0.507. The predicted octanol–water partition coefficient (Wildman–Crippen LogP) is 6.11. The molecule has 0 aliphatic rings. The van der Waals surface area contributed by atoms with Gasteiger partial charge in [0.1, 0.15) is 28.4 Å². The molecule has 2 aromatic carbocycles. The highest BCUT2D eigenvalue weighted by molar-refractivity contribution is 8.00. The molecule has 0 aliphatic carbocycles. The van der Waals surface area contributed by atoms with Crippen molar-refractivity contribution in [1.29, 1.82) is 5.26 Å². The van der Waals surface area contributed by atoms with Crippen molar-refractivity contribution in [2.24, 2.45) is 0 Å². The number of anilines is 1. The number of nitrogens with zero attached hydrogens (tertiary/aromatic N) is 3. The second-order valence-electron chi connectivity index (χ2n) is 8.11. The quantitative estimate of drug-likeness (QED) is 0.266. The van der Waals surface area contributed by atoms with Crippen LogP contribution in [0.5, 0.6) is 11.5 Å². The molecule has 1 unspecified atom stereocenters. The maximum atomic E-state index is 13.1. The van der Waals surface area contributed by atoms with Crippen molar-refractivity contribution in [3.63, 3.8) is 0 Å². The first kappa shape index (κ1) is 25.8. The predicted molar refractivity (Wildman–Crippen MR) is 143 cm³/mol. The smallest absolute Gasteiger partial charge is 0.239 e. The number of benzene rings is 2. The number of nitriles is 1. The Morgan fingerprint density at radius 2 is 1.89 bits per heavy atom. The zero-order chi connectivity index (χ0) is 26.4. The van der Waals surface area contributed by atoms with Gasteiger partial charge in [0, 0.05) is 22.8 Å². The van der Waals surface area contributed by atoms with E-state index in [9.17, 15) is 10.1 Å². The van der Waals surface area contributed by atoms with E-state index in [0.717, 1.165) is 5.56 Å². The number of aryl methyl sites for hydroxylation is 1. The van der Waals surface area contributed by atoms with Crippen molar-refractivity contribution in [1.82, 2.24) is 10.1 Å². The Hall–Kier alpha value is -4.29. The van der Waals surface area contributed by atoms with Gasteiger partial charge in [0.05, 0.1) is 30.7 Å². The number of nitrogens with one attached hydrogen (secondary N) is 1. The number of hydrogen-bond acceptors (Lipinski definition) is 8. The van der Waals surface area contributed by atoms with Crippen LogP contribution in [0.4, 0.5) is 5.82 Å². The average molecular weight is 515 g/mol. The van der Waals surface area contributed by atoms with Crippen molar-refractivity contribution in [3.05, 3.63) is 72.0 Å². The van der Waals surface area contributed by atoms with Gasteiger partial charge in [-0.1, -0.05) is 54.2 Å². The molecule has 4 aromatic rings. The van der Waals surface area contributed by atoms with Gasteiger partial charge in [-0.05, 0) is 37.6 Å². The van der Waals surface area contributed by atoms with Crippen molar-refractivity contribution < 1.29 is 18.8 Å². The van der Waals surface area contributed by atoms with Crippen LogP contribution in [-0.4, -0.2) is 35.5 Å². The summed E-state index contributed by atoms with van der Waals surface area (Å²) in [6.45, 7) is 3.66. The highest BCUT2D eigenvalue weighted by Gasteiger charge is 2.25. The molecular weight excluding hydrogens is 488 g/mol. The molecule has 0 saturated carbocycles. The molecule has 2 aromatic heterocycles. The van der Waals surface area contributed by atoms with Crippen molar-refractivity contribution >= 4 is 23.5 Å². The summed E-state index contributed by atoms with van der Waals surface area (Å²) in [5.41, 5.74) is 3.23. The molecule has 0 fully saturated rings.